The number of halogens is 1. The van der Waals surface area contributed by atoms with E-state index < -0.39 is 10.1 Å². The number of rotatable bonds is 1. The second-order valence-corrected chi connectivity index (χ2v) is 4.44. The fraction of sp³-hybridized carbons (Fsp3) is 0. The Morgan fingerprint density at radius 2 is 2.14 bits per heavy atom. The van der Waals surface area contributed by atoms with Crippen LogP contribution in [0.15, 0.2) is 23.2 Å². The van der Waals surface area contributed by atoms with Gasteiger partial charge in [-0.25, -0.2) is 4.98 Å². The van der Waals surface area contributed by atoms with Crippen molar-refractivity contribution in [2.24, 2.45) is 0 Å². The number of H-pyrrole nitrogens is 1. The lowest BCUT2D eigenvalue weighted by atomic mass is 10.3. The molecule has 2 N–H and O–H groups in total. The monoisotopic (exact) mass is 232 g/mol. The highest BCUT2D eigenvalue weighted by Gasteiger charge is 2.16. The normalized spacial score (nSPS) is 12.1. The minimum Gasteiger partial charge on any atom is -0.345 e. The van der Waals surface area contributed by atoms with Crippen LogP contribution in [0.3, 0.4) is 0 Å². The highest BCUT2D eigenvalue weighted by molar-refractivity contribution is 7.86. The molecule has 0 amide bonds. The van der Waals surface area contributed by atoms with Crippen molar-refractivity contribution in [1.82, 2.24) is 9.97 Å². The quantitative estimate of drug-likeness (QED) is 0.576. The van der Waals surface area contributed by atoms with Crippen LogP contribution in [0.5, 0.6) is 0 Å². The topological polar surface area (TPSA) is 83.0 Å². The summed E-state index contributed by atoms with van der Waals surface area (Å²) >= 11 is 5.60. The van der Waals surface area contributed by atoms with Crippen molar-refractivity contribution < 1.29 is 13.0 Å². The van der Waals surface area contributed by atoms with Crippen LogP contribution in [0.1, 0.15) is 0 Å². The number of aromatic amines is 1. The van der Waals surface area contributed by atoms with Crippen molar-refractivity contribution in [3.8, 4) is 0 Å². The molecular weight excluding hydrogens is 228 g/mol. The second kappa shape index (κ2) is 2.94. The van der Waals surface area contributed by atoms with Gasteiger partial charge in [-0.05, 0) is 12.1 Å². The van der Waals surface area contributed by atoms with E-state index in [-0.39, 0.29) is 10.0 Å². The summed E-state index contributed by atoms with van der Waals surface area (Å²) in [6, 6.07) is 2.93. The number of hydrogen-bond acceptors (Lipinski definition) is 3. The smallest absolute Gasteiger partial charge is 0.296 e. The molecule has 14 heavy (non-hydrogen) atoms. The maximum absolute atomic E-state index is 10.9. The summed E-state index contributed by atoms with van der Waals surface area (Å²) in [5.74, 6) is 0. The Kier molecular flexibility index (Phi) is 1.99. The Morgan fingerprint density at radius 3 is 2.79 bits per heavy atom. The van der Waals surface area contributed by atoms with Gasteiger partial charge >= 0.3 is 0 Å². The second-order valence-electron chi connectivity index (χ2n) is 2.66. The van der Waals surface area contributed by atoms with Crippen LogP contribution in [-0.2, 0) is 10.1 Å². The molecule has 0 atom stereocenters. The Morgan fingerprint density at radius 1 is 1.43 bits per heavy atom. The molecule has 0 saturated carbocycles. The van der Waals surface area contributed by atoms with Gasteiger partial charge in [0.2, 0.25) is 0 Å². The van der Waals surface area contributed by atoms with E-state index in [4.69, 9.17) is 16.2 Å². The summed E-state index contributed by atoms with van der Waals surface area (Å²) in [5.41, 5.74) is 0.324. The number of fused-ring (bicyclic) bond motifs is 1. The summed E-state index contributed by atoms with van der Waals surface area (Å²) < 4.78 is 30.6. The van der Waals surface area contributed by atoms with Crippen molar-refractivity contribution in [3.05, 3.63) is 23.5 Å². The number of hydrogen-bond donors (Lipinski definition) is 2. The van der Waals surface area contributed by atoms with E-state index in [0.29, 0.717) is 11.0 Å². The first-order valence-corrected chi connectivity index (χ1v) is 5.41. The lowest BCUT2D eigenvalue weighted by molar-refractivity contribution is 0.484. The molecule has 0 unspecified atom stereocenters. The highest BCUT2D eigenvalue weighted by Crippen LogP contribution is 2.22. The van der Waals surface area contributed by atoms with Gasteiger partial charge in [-0.3, -0.25) is 4.55 Å². The minimum absolute atomic E-state index is 0.198. The third-order valence-corrected chi connectivity index (χ3v) is 2.85. The van der Waals surface area contributed by atoms with E-state index in [1.165, 1.54) is 18.3 Å². The molecule has 2 aromatic rings. The van der Waals surface area contributed by atoms with Gasteiger partial charge in [0.15, 0.2) is 0 Å². The summed E-state index contributed by atoms with van der Waals surface area (Å²) in [7, 11) is -4.21. The molecule has 5 nitrogen and oxygen atoms in total. The van der Waals surface area contributed by atoms with Crippen LogP contribution in [-0.4, -0.2) is 22.9 Å². The number of aromatic nitrogens is 2. The molecule has 0 bridgehead atoms. The molecular formula is C7H5ClN2O3S. The standard InChI is InChI=1S/C7H5ClN2O3S/c8-6-2-1-4-5(14(11,12)13)3-9-7(4)10-6/h1-3H,(H,9,10)(H,11,12,13). The molecule has 0 saturated heterocycles. The maximum atomic E-state index is 10.9. The van der Waals surface area contributed by atoms with Crippen molar-refractivity contribution in [1.29, 1.82) is 0 Å². The lowest BCUT2D eigenvalue weighted by Crippen LogP contribution is -1.96. The summed E-state index contributed by atoms with van der Waals surface area (Å²) in [5, 5.41) is 0.568. The predicted octanol–water partition coefficient (Wildman–Crippen LogP) is 1.46. The van der Waals surface area contributed by atoms with Crippen LogP contribution >= 0.6 is 11.6 Å². The van der Waals surface area contributed by atoms with Crippen molar-refractivity contribution in [2.75, 3.05) is 0 Å². The molecule has 7 heteroatoms. The Balaban J connectivity index is 2.83. The zero-order valence-electron chi connectivity index (χ0n) is 6.73. The van der Waals surface area contributed by atoms with Crippen molar-refractivity contribution >= 4 is 32.8 Å². The molecule has 0 aliphatic heterocycles. The van der Waals surface area contributed by atoms with Crippen LogP contribution in [0.25, 0.3) is 11.0 Å². The summed E-state index contributed by atoms with van der Waals surface area (Å²) in [6.07, 6.45) is 1.17. The average molecular weight is 233 g/mol. The average Bonchev–Trinajstić information content (AvgIpc) is 2.45. The number of nitrogens with one attached hydrogen (secondary N) is 1. The molecule has 0 aromatic carbocycles. The molecule has 0 radical (unpaired) electrons. The molecule has 74 valence electrons. The van der Waals surface area contributed by atoms with Gasteiger partial charge in [-0.15, -0.1) is 0 Å². The highest BCUT2D eigenvalue weighted by atomic mass is 35.5. The fourth-order valence-electron chi connectivity index (χ4n) is 1.17. The van der Waals surface area contributed by atoms with Gasteiger partial charge in [0.25, 0.3) is 10.1 Å². The third kappa shape index (κ3) is 1.47. The molecule has 2 heterocycles. The zero-order chi connectivity index (χ0) is 10.3. The van der Waals surface area contributed by atoms with Gasteiger partial charge < -0.3 is 4.98 Å². The summed E-state index contributed by atoms with van der Waals surface area (Å²) in [4.78, 5) is 6.25. The molecule has 2 aromatic heterocycles. The van der Waals surface area contributed by atoms with Gasteiger partial charge in [0, 0.05) is 11.6 Å². The molecule has 0 fully saturated rings. The minimum atomic E-state index is -4.21. The van der Waals surface area contributed by atoms with Gasteiger partial charge in [-0.1, -0.05) is 11.6 Å². The Labute approximate surface area is 84.5 Å². The van der Waals surface area contributed by atoms with Gasteiger partial charge in [0.1, 0.15) is 15.7 Å². The van der Waals surface area contributed by atoms with E-state index in [1.54, 1.807) is 0 Å². The molecule has 0 aliphatic carbocycles. The maximum Gasteiger partial charge on any atom is 0.296 e. The van der Waals surface area contributed by atoms with E-state index in [2.05, 4.69) is 9.97 Å². The van der Waals surface area contributed by atoms with E-state index >= 15 is 0 Å². The predicted molar refractivity (Wildman–Crippen MR) is 50.9 cm³/mol. The van der Waals surface area contributed by atoms with Gasteiger partial charge in [0.05, 0.1) is 0 Å². The third-order valence-electron chi connectivity index (χ3n) is 1.74. The van der Waals surface area contributed by atoms with E-state index in [9.17, 15) is 8.42 Å². The molecule has 0 aliphatic rings. The first-order chi connectivity index (χ1) is 6.48. The van der Waals surface area contributed by atoms with Crippen LogP contribution in [0, 0.1) is 0 Å². The van der Waals surface area contributed by atoms with E-state index in [1.807, 2.05) is 0 Å². The lowest BCUT2D eigenvalue weighted by Gasteiger charge is -1.93. The molecule has 0 spiro atoms. The van der Waals surface area contributed by atoms with Crippen LogP contribution in [0.2, 0.25) is 5.15 Å². The van der Waals surface area contributed by atoms with Crippen molar-refractivity contribution in [2.45, 2.75) is 4.90 Å². The molecule has 2 rings (SSSR count). The van der Waals surface area contributed by atoms with E-state index in [0.717, 1.165) is 0 Å². The largest absolute Gasteiger partial charge is 0.345 e. The Bertz CT molecular complexity index is 590. The van der Waals surface area contributed by atoms with Crippen LogP contribution < -0.4 is 0 Å². The fourth-order valence-corrected chi connectivity index (χ4v) is 1.97. The van der Waals surface area contributed by atoms with Crippen LogP contribution in [0.4, 0.5) is 0 Å². The number of nitrogens with zero attached hydrogens (tertiary/aromatic N) is 1. The first-order valence-electron chi connectivity index (χ1n) is 3.59. The summed E-state index contributed by atoms with van der Waals surface area (Å²) in [6.45, 7) is 0. The SMILES string of the molecule is O=S(=O)(O)c1c[nH]c2nc(Cl)ccc12. The zero-order valence-corrected chi connectivity index (χ0v) is 8.30. The van der Waals surface area contributed by atoms with Crippen molar-refractivity contribution in [3.63, 3.8) is 0 Å². The number of pyridine rings is 1. The first kappa shape index (κ1) is 9.45. The Hall–Kier alpha value is -1.11. The van der Waals surface area contributed by atoms with Gasteiger partial charge in [-0.2, -0.15) is 8.42 Å².